The van der Waals surface area contributed by atoms with Crippen LogP contribution in [0.1, 0.15) is 18.1 Å². The summed E-state index contributed by atoms with van der Waals surface area (Å²) in [5.74, 6) is -0.685. The zero-order valence-corrected chi connectivity index (χ0v) is 14.7. The molecule has 0 spiro atoms. The Hall–Kier alpha value is -3.00. The molecule has 0 unspecified atom stereocenters. The standard InChI is InChI=1S/C19H20FN5O2/c20-16-3-1-2-4-17(16)25-12-14(11-23-25)18-15(5-10-27-18)19(26)22-7-9-24-8-6-21-13-24/h1-4,6,8,11-13,15,18H,5,7,9-10H2,(H,22,26)/t15-,18+/m0/s1. The lowest BCUT2D eigenvalue weighted by molar-refractivity contribution is -0.126. The van der Waals surface area contributed by atoms with Crippen LogP contribution in [-0.4, -0.2) is 38.4 Å². The zero-order valence-electron chi connectivity index (χ0n) is 14.7. The normalized spacial score (nSPS) is 19.3. The summed E-state index contributed by atoms with van der Waals surface area (Å²) in [6.07, 6.45) is 8.89. The van der Waals surface area contributed by atoms with E-state index in [1.807, 2.05) is 10.8 Å². The van der Waals surface area contributed by atoms with Crippen molar-refractivity contribution in [1.29, 1.82) is 0 Å². The molecule has 1 fully saturated rings. The van der Waals surface area contributed by atoms with Gasteiger partial charge in [-0.15, -0.1) is 0 Å². The molecule has 2 aromatic heterocycles. The van der Waals surface area contributed by atoms with Crippen LogP contribution in [0, 0.1) is 11.7 Å². The molecule has 3 aromatic rings. The number of amides is 1. The van der Waals surface area contributed by atoms with Gasteiger partial charge in [0.25, 0.3) is 0 Å². The number of hydrogen-bond donors (Lipinski definition) is 1. The Kier molecular flexibility index (Phi) is 4.97. The predicted molar refractivity (Wildman–Crippen MR) is 95.6 cm³/mol. The van der Waals surface area contributed by atoms with E-state index in [9.17, 15) is 9.18 Å². The summed E-state index contributed by atoms with van der Waals surface area (Å²) in [5.41, 5.74) is 1.13. The summed E-state index contributed by atoms with van der Waals surface area (Å²) < 4.78 is 23.1. The maximum absolute atomic E-state index is 14.0. The highest BCUT2D eigenvalue weighted by Crippen LogP contribution is 2.34. The van der Waals surface area contributed by atoms with E-state index in [0.717, 1.165) is 5.56 Å². The number of nitrogens with zero attached hydrogens (tertiary/aromatic N) is 4. The molecule has 7 nitrogen and oxygen atoms in total. The number of rotatable bonds is 6. The van der Waals surface area contributed by atoms with Crippen LogP contribution in [0.4, 0.5) is 4.39 Å². The monoisotopic (exact) mass is 369 g/mol. The number of para-hydroxylation sites is 1. The first-order chi connectivity index (χ1) is 13.2. The molecule has 0 bridgehead atoms. The summed E-state index contributed by atoms with van der Waals surface area (Å²) >= 11 is 0. The molecule has 140 valence electrons. The first kappa shape index (κ1) is 17.4. The van der Waals surface area contributed by atoms with Crippen LogP contribution in [-0.2, 0) is 16.1 Å². The molecule has 8 heteroatoms. The van der Waals surface area contributed by atoms with Crippen molar-refractivity contribution in [3.63, 3.8) is 0 Å². The lowest BCUT2D eigenvalue weighted by atomic mass is 9.96. The highest BCUT2D eigenvalue weighted by atomic mass is 19.1. The van der Waals surface area contributed by atoms with Gasteiger partial charge in [-0.25, -0.2) is 14.1 Å². The highest BCUT2D eigenvalue weighted by molar-refractivity contribution is 5.79. The van der Waals surface area contributed by atoms with Gasteiger partial charge in [0, 0.05) is 43.9 Å². The number of benzene rings is 1. The Morgan fingerprint density at radius 2 is 2.26 bits per heavy atom. The van der Waals surface area contributed by atoms with Crippen LogP contribution in [0.3, 0.4) is 0 Å². The number of imidazole rings is 1. The average molecular weight is 369 g/mol. The molecule has 3 heterocycles. The maximum Gasteiger partial charge on any atom is 0.226 e. The quantitative estimate of drug-likeness (QED) is 0.722. The number of halogens is 1. The molecule has 1 N–H and O–H groups in total. The Bertz CT molecular complexity index is 908. The Balaban J connectivity index is 1.42. The van der Waals surface area contributed by atoms with Crippen molar-refractivity contribution in [2.45, 2.75) is 19.1 Å². The van der Waals surface area contributed by atoms with Gasteiger partial charge in [0.15, 0.2) is 0 Å². The van der Waals surface area contributed by atoms with Gasteiger partial charge in [0.2, 0.25) is 5.91 Å². The van der Waals surface area contributed by atoms with E-state index in [0.29, 0.717) is 31.8 Å². The zero-order chi connectivity index (χ0) is 18.6. The first-order valence-corrected chi connectivity index (χ1v) is 8.87. The third-order valence-corrected chi connectivity index (χ3v) is 4.69. The SMILES string of the molecule is O=C(NCCn1ccnc1)[C@H]1CCO[C@@H]1c1cnn(-c2ccccc2F)c1. The van der Waals surface area contributed by atoms with Crippen LogP contribution in [0.2, 0.25) is 0 Å². The van der Waals surface area contributed by atoms with Crippen LogP contribution in [0.25, 0.3) is 5.69 Å². The van der Waals surface area contributed by atoms with Gasteiger partial charge in [-0.05, 0) is 18.6 Å². The minimum absolute atomic E-state index is 0.0451. The minimum Gasteiger partial charge on any atom is -0.373 e. The number of ether oxygens (including phenoxy) is 1. The molecule has 1 saturated heterocycles. The second-order valence-corrected chi connectivity index (χ2v) is 6.45. The lowest BCUT2D eigenvalue weighted by Gasteiger charge is -2.17. The van der Waals surface area contributed by atoms with Crippen LogP contribution >= 0.6 is 0 Å². The van der Waals surface area contributed by atoms with Crippen molar-refractivity contribution in [3.8, 4) is 5.69 Å². The van der Waals surface area contributed by atoms with Crippen molar-refractivity contribution >= 4 is 5.91 Å². The summed E-state index contributed by atoms with van der Waals surface area (Å²) in [5, 5.41) is 7.19. The number of carbonyl (C=O) groups is 1. The van der Waals surface area contributed by atoms with Crippen molar-refractivity contribution in [2.24, 2.45) is 5.92 Å². The largest absolute Gasteiger partial charge is 0.373 e. The lowest BCUT2D eigenvalue weighted by Crippen LogP contribution is -2.34. The highest BCUT2D eigenvalue weighted by Gasteiger charge is 2.36. The Labute approximate surface area is 155 Å². The molecule has 27 heavy (non-hydrogen) atoms. The summed E-state index contributed by atoms with van der Waals surface area (Å²) in [6, 6.07) is 6.43. The fourth-order valence-corrected chi connectivity index (χ4v) is 3.30. The molecule has 1 aromatic carbocycles. The Morgan fingerprint density at radius 3 is 3.07 bits per heavy atom. The second kappa shape index (κ2) is 7.71. The number of aromatic nitrogens is 4. The second-order valence-electron chi connectivity index (χ2n) is 6.45. The third-order valence-electron chi connectivity index (χ3n) is 4.69. The molecule has 1 aliphatic heterocycles. The van der Waals surface area contributed by atoms with E-state index in [4.69, 9.17) is 4.74 Å². The van der Waals surface area contributed by atoms with E-state index in [-0.39, 0.29) is 23.7 Å². The summed E-state index contributed by atoms with van der Waals surface area (Å²) in [7, 11) is 0. The van der Waals surface area contributed by atoms with Crippen LogP contribution in [0.5, 0.6) is 0 Å². The van der Waals surface area contributed by atoms with Crippen molar-refractivity contribution in [3.05, 3.63) is 66.8 Å². The van der Waals surface area contributed by atoms with Gasteiger partial charge in [0.1, 0.15) is 11.5 Å². The molecule has 0 aliphatic carbocycles. The van der Waals surface area contributed by atoms with E-state index < -0.39 is 0 Å². The van der Waals surface area contributed by atoms with Crippen LogP contribution in [0.15, 0.2) is 55.4 Å². The van der Waals surface area contributed by atoms with E-state index >= 15 is 0 Å². The molecule has 0 radical (unpaired) electrons. The van der Waals surface area contributed by atoms with Crippen molar-refractivity contribution < 1.29 is 13.9 Å². The van der Waals surface area contributed by atoms with E-state index in [2.05, 4.69) is 15.4 Å². The third kappa shape index (κ3) is 3.75. The van der Waals surface area contributed by atoms with Crippen molar-refractivity contribution in [2.75, 3.05) is 13.2 Å². The molecule has 1 amide bonds. The minimum atomic E-state index is -0.376. The molecule has 4 rings (SSSR count). The van der Waals surface area contributed by atoms with Gasteiger partial charge in [-0.2, -0.15) is 5.10 Å². The van der Waals surface area contributed by atoms with Gasteiger partial charge in [-0.1, -0.05) is 12.1 Å². The van der Waals surface area contributed by atoms with E-state index in [1.54, 1.807) is 43.1 Å². The van der Waals surface area contributed by atoms with Gasteiger partial charge in [-0.3, -0.25) is 4.79 Å². The summed E-state index contributed by atoms with van der Waals surface area (Å²) in [6.45, 7) is 1.69. The van der Waals surface area contributed by atoms with Crippen molar-refractivity contribution in [1.82, 2.24) is 24.6 Å². The maximum atomic E-state index is 14.0. The number of nitrogens with one attached hydrogen (secondary N) is 1. The first-order valence-electron chi connectivity index (χ1n) is 8.87. The molecule has 2 atom stereocenters. The van der Waals surface area contributed by atoms with Gasteiger partial charge in [0.05, 0.1) is 24.5 Å². The van der Waals surface area contributed by atoms with Gasteiger partial charge < -0.3 is 14.6 Å². The fraction of sp³-hybridized carbons (Fsp3) is 0.316. The summed E-state index contributed by atoms with van der Waals surface area (Å²) in [4.78, 5) is 16.6. The molecule has 1 aliphatic rings. The number of hydrogen-bond acceptors (Lipinski definition) is 4. The topological polar surface area (TPSA) is 74.0 Å². The average Bonchev–Trinajstić information content (AvgIpc) is 3.42. The Morgan fingerprint density at radius 1 is 1.37 bits per heavy atom. The van der Waals surface area contributed by atoms with Crippen LogP contribution < -0.4 is 5.32 Å². The molecular weight excluding hydrogens is 349 g/mol. The molecular formula is C19H20FN5O2. The fourth-order valence-electron chi connectivity index (χ4n) is 3.30. The molecule has 0 saturated carbocycles. The van der Waals surface area contributed by atoms with E-state index in [1.165, 1.54) is 10.7 Å². The smallest absolute Gasteiger partial charge is 0.226 e. The van der Waals surface area contributed by atoms with Gasteiger partial charge >= 0.3 is 0 Å². The predicted octanol–water partition coefficient (Wildman–Crippen LogP) is 2.10. The number of carbonyl (C=O) groups excluding carboxylic acids is 1.